The number of rotatable bonds is 2. The van der Waals surface area contributed by atoms with Gasteiger partial charge in [-0.1, -0.05) is 0 Å². The van der Waals surface area contributed by atoms with Crippen LogP contribution in [0.1, 0.15) is 18.3 Å². The Hall–Kier alpha value is -0.970. The van der Waals surface area contributed by atoms with Crippen LogP contribution in [0, 0.1) is 0 Å². The van der Waals surface area contributed by atoms with Gasteiger partial charge in [-0.05, 0) is 6.07 Å². The maximum absolute atomic E-state index is 12.4. The van der Waals surface area contributed by atoms with E-state index in [0.29, 0.717) is 5.69 Å². The first-order valence-electron chi connectivity index (χ1n) is 3.07. The minimum absolute atomic E-state index is 0.293. The Morgan fingerprint density at radius 1 is 1.73 bits per heavy atom. The molecule has 0 spiro atoms. The predicted molar refractivity (Wildman–Crippen MR) is 34.1 cm³/mol. The van der Waals surface area contributed by atoms with Gasteiger partial charge in [-0.15, -0.1) is 0 Å². The summed E-state index contributed by atoms with van der Waals surface area (Å²) in [5.74, 6) is -2.94. The molecule has 0 aliphatic heterocycles. The summed E-state index contributed by atoms with van der Waals surface area (Å²) in [6.07, 6.45) is 0. The van der Waals surface area contributed by atoms with Gasteiger partial charge in [0, 0.05) is 6.92 Å². The summed E-state index contributed by atoms with van der Waals surface area (Å²) in [7, 11) is 0. The fourth-order valence-corrected chi connectivity index (χ4v) is 0.667. The van der Waals surface area contributed by atoms with Gasteiger partial charge in [0.2, 0.25) is 0 Å². The largest absolute Gasteiger partial charge is 0.390 e. The molecule has 0 fully saturated rings. The molecule has 11 heavy (non-hydrogen) atoms. The van der Waals surface area contributed by atoms with Crippen LogP contribution in [-0.2, 0) is 12.5 Å². The van der Waals surface area contributed by atoms with Crippen LogP contribution in [0.15, 0.2) is 6.07 Å². The van der Waals surface area contributed by atoms with E-state index in [4.69, 9.17) is 5.11 Å². The molecule has 1 rings (SSSR count). The third-order valence-electron chi connectivity index (χ3n) is 1.25. The Kier molecular flexibility index (Phi) is 1.90. The van der Waals surface area contributed by atoms with E-state index in [-0.39, 0.29) is 12.3 Å². The van der Waals surface area contributed by atoms with Gasteiger partial charge in [0.05, 0.1) is 12.3 Å². The lowest BCUT2D eigenvalue weighted by Gasteiger charge is -2.03. The molecule has 0 amide bonds. The normalized spacial score (nSPS) is 12.0. The minimum atomic E-state index is -2.94. The van der Waals surface area contributed by atoms with Gasteiger partial charge in [-0.2, -0.15) is 13.9 Å². The van der Waals surface area contributed by atoms with Gasteiger partial charge >= 0.3 is 0 Å². The summed E-state index contributed by atoms with van der Waals surface area (Å²) >= 11 is 0. The van der Waals surface area contributed by atoms with Crippen LogP contribution < -0.4 is 0 Å². The Morgan fingerprint density at radius 3 is 2.64 bits per heavy atom. The number of aliphatic hydroxyl groups excluding tert-OH is 1. The molecule has 0 unspecified atom stereocenters. The van der Waals surface area contributed by atoms with Gasteiger partial charge in [0.15, 0.2) is 0 Å². The van der Waals surface area contributed by atoms with Gasteiger partial charge in [0.25, 0.3) is 5.92 Å². The third kappa shape index (κ3) is 1.74. The molecule has 5 heteroatoms. The molecule has 0 saturated heterocycles. The van der Waals surface area contributed by atoms with Crippen LogP contribution in [0.2, 0.25) is 0 Å². The molecule has 0 radical (unpaired) electrons. The summed E-state index contributed by atoms with van der Waals surface area (Å²) in [5, 5.41) is 14.1. The molecule has 1 heterocycles. The lowest BCUT2D eigenvalue weighted by molar-refractivity contribution is 0.0127. The van der Waals surface area contributed by atoms with E-state index < -0.39 is 5.92 Å². The summed E-state index contributed by atoms with van der Waals surface area (Å²) in [5.41, 5.74) is -0.0527. The fraction of sp³-hybridized carbons (Fsp3) is 0.500. The number of hydrogen-bond acceptors (Lipinski definition) is 2. The first kappa shape index (κ1) is 8.13. The third-order valence-corrected chi connectivity index (χ3v) is 1.25. The second-order valence-corrected chi connectivity index (χ2v) is 2.32. The summed E-state index contributed by atoms with van der Waals surface area (Å²) in [6, 6.07) is 1.14. The maximum Gasteiger partial charge on any atom is 0.288 e. The van der Waals surface area contributed by atoms with E-state index in [0.717, 1.165) is 13.0 Å². The van der Waals surface area contributed by atoms with Crippen LogP contribution >= 0.6 is 0 Å². The van der Waals surface area contributed by atoms with Gasteiger partial charge in [-0.25, -0.2) is 0 Å². The number of H-pyrrole nitrogens is 1. The van der Waals surface area contributed by atoms with E-state index in [1.54, 1.807) is 0 Å². The van der Waals surface area contributed by atoms with Crippen LogP contribution in [-0.4, -0.2) is 15.3 Å². The SMILES string of the molecule is CC(F)(F)c1cc(CO)[nH]n1. The van der Waals surface area contributed by atoms with Crippen molar-refractivity contribution in [2.45, 2.75) is 19.5 Å². The van der Waals surface area contributed by atoms with Crippen LogP contribution in [0.5, 0.6) is 0 Å². The molecule has 3 nitrogen and oxygen atoms in total. The number of alkyl halides is 2. The number of halogens is 2. The van der Waals surface area contributed by atoms with E-state index in [9.17, 15) is 8.78 Å². The van der Waals surface area contributed by atoms with E-state index in [1.807, 2.05) is 0 Å². The average molecular weight is 162 g/mol. The lowest BCUT2D eigenvalue weighted by Crippen LogP contribution is -2.06. The quantitative estimate of drug-likeness (QED) is 0.681. The molecular formula is C6H8F2N2O. The van der Waals surface area contributed by atoms with Crippen molar-refractivity contribution >= 4 is 0 Å². The number of hydrogen-bond donors (Lipinski definition) is 2. The van der Waals surface area contributed by atoms with Gasteiger partial charge < -0.3 is 5.11 Å². The zero-order chi connectivity index (χ0) is 8.48. The van der Waals surface area contributed by atoms with Crippen LogP contribution in [0.3, 0.4) is 0 Å². The minimum Gasteiger partial charge on any atom is -0.390 e. The number of aromatic amines is 1. The molecule has 0 aliphatic rings. The van der Waals surface area contributed by atoms with Crippen molar-refractivity contribution in [1.29, 1.82) is 0 Å². The van der Waals surface area contributed by atoms with Crippen molar-refractivity contribution in [3.8, 4) is 0 Å². The molecule has 0 aromatic carbocycles. The van der Waals surface area contributed by atoms with E-state index >= 15 is 0 Å². The Morgan fingerprint density at radius 2 is 2.36 bits per heavy atom. The van der Waals surface area contributed by atoms with Crippen molar-refractivity contribution in [2.24, 2.45) is 0 Å². The molecule has 62 valence electrons. The van der Waals surface area contributed by atoms with E-state index in [2.05, 4.69) is 10.2 Å². The molecule has 0 bridgehead atoms. The molecule has 0 aliphatic carbocycles. The lowest BCUT2D eigenvalue weighted by atomic mass is 10.2. The standard InChI is InChI=1S/C6H8F2N2O/c1-6(7,8)5-2-4(3-11)9-10-5/h2,11H,3H2,1H3,(H,9,10). The zero-order valence-corrected chi connectivity index (χ0v) is 5.93. The van der Waals surface area contributed by atoms with Crippen molar-refractivity contribution in [3.05, 3.63) is 17.5 Å². The summed E-state index contributed by atoms with van der Waals surface area (Å²) in [6.45, 7) is 0.452. The topological polar surface area (TPSA) is 48.9 Å². The monoisotopic (exact) mass is 162 g/mol. The highest BCUT2D eigenvalue weighted by Crippen LogP contribution is 2.24. The number of aliphatic hydroxyl groups is 1. The van der Waals surface area contributed by atoms with Crippen molar-refractivity contribution in [3.63, 3.8) is 0 Å². The predicted octanol–water partition coefficient (Wildman–Crippen LogP) is 1.01. The second kappa shape index (κ2) is 2.58. The molecule has 2 N–H and O–H groups in total. The van der Waals surface area contributed by atoms with Gasteiger partial charge in [0.1, 0.15) is 5.69 Å². The van der Waals surface area contributed by atoms with Crippen LogP contribution in [0.25, 0.3) is 0 Å². The molecule has 1 aromatic rings. The Labute approximate surface area is 62.0 Å². The van der Waals surface area contributed by atoms with E-state index in [1.165, 1.54) is 0 Å². The number of nitrogens with zero attached hydrogens (tertiary/aromatic N) is 1. The molecule has 0 saturated carbocycles. The second-order valence-electron chi connectivity index (χ2n) is 2.32. The Balaban J connectivity index is 2.89. The first-order valence-corrected chi connectivity index (χ1v) is 3.07. The highest BCUT2D eigenvalue weighted by Gasteiger charge is 2.27. The summed E-state index contributed by atoms with van der Waals surface area (Å²) in [4.78, 5) is 0. The Bertz CT molecular complexity index is 241. The zero-order valence-electron chi connectivity index (χ0n) is 5.93. The van der Waals surface area contributed by atoms with Crippen molar-refractivity contribution in [1.82, 2.24) is 10.2 Å². The van der Waals surface area contributed by atoms with Crippen molar-refractivity contribution in [2.75, 3.05) is 0 Å². The fourth-order valence-electron chi connectivity index (χ4n) is 0.667. The number of nitrogens with one attached hydrogen (secondary N) is 1. The average Bonchev–Trinajstić information content (AvgIpc) is 2.32. The van der Waals surface area contributed by atoms with Crippen molar-refractivity contribution < 1.29 is 13.9 Å². The smallest absolute Gasteiger partial charge is 0.288 e. The number of aromatic nitrogens is 2. The van der Waals surface area contributed by atoms with Crippen LogP contribution in [0.4, 0.5) is 8.78 Å². The molecular weight excluding hydrogens is 154 g/mol. The summed E-state index contributed by atoms with van der Waals surface area (Å²) < 4.78 is 24.9. The molecule has 1 aromatic heterocycles. The first-order chi connectivity index (χ1) is 5.04. The van der Waals surface area contributed by atoms with Gasteiger partial charge in [-0.3, -0.25) is 5.10 Å². The highest BCUT2D eigenvalue weighted by molar-refractivity contribution is 5.11. The maximum atomic E-state index is 12.4. The highest BCUT2D eigenvalue weighted by atomic mass is 19.3. The molecule has 0 atom stereocenters.